The minimum Gasteiger partial charge on any atom is -0.300 e. The molecule has 5 nitrogen and oxygen atoms in total. The van der Waals surface area contributed by atoms with Crippen molar-refractivity contribution in [3.8, 4) is 0 Å². The highest BCUT2D eigenvalue weighted by Gasteiger charge is 2.31. The summed E-state index contributed by atoms with van der Waals surface area (Å²) in [5.74, 6) is 0.0851. The predicted octanol–water partition coefficient (Wildman–Crippen LogP) is 1.82. The lowest BCUT2D eigenvalue weighted by Crippen LogP contribution is -2.12. The molecule has 0 bridgehead atoms. The van der Waals surface area contributed by atoms with Gasteiger partial charge in [-0.2, -0.15) is 0 Å². The van der Waals surface area contributed by atoms with Gasteiger partial charge in [0.25, 0.3) is 5.69 Å². The van der Waals surface area contributed by atoms with Crippen LogP contribution in [0.1, 0.15) is 19.3 Å². The molecule has 1 aromatic rings. The van der Waals surface area contributed by atoms with Crippen LogP contribution in [-0.4, -0.2) is 20.2 Å². The molecule has 1 aliphatic rings. The summed E-state index contributed by atoms with van der Waals surface area (Å²) in [6.45, 7) is 0. The van der Waals surface area contributed by atoms with Crippen LogP contribution in [0.3, 0.4) is 0 Å². The summed E-state index contributed by atoms with van der Waals surface area (Å²) in [6.07, 6.45) is 1.24. The first-order chi connectivity index (χ1) is 8.09. The van der Waals surface area contributed by atoms with Crippen molar-refractivity contribution in [2.24, 2.45) is 0 Å². The Hall–Kier alpha value is -1.56. The highest BCUT2D eigenvalue weighted by Crippen LogP contribution is 2.29. The van der Waals surface area contributed by atoms with E-state index in [0.29, 0.717) is 12.8 Å². The van der Waals surface area contributed by atoms with E-state index in [-0.39, 0.29) is 28.0 Å². The average molecular weight is 253 g/mol. The number of para-hydroxylation sites is 1. The molecule has 2 unspecified atom stereocenters. The highest BCUT2D eigenvalue weighted by molar-refractivity contribution is 7.85. The molecular formula is C11H11NO4S. The molecule has 0 aliphatic heterocycles. The van der Waals surface area contributed by atoms with Gasteiger partial charge in [0.2, 0.25) is 0 Å². The number of nitro benzene ring substituents is 1. The van der Waals surface area contributed by atoms with E-state index in [1.807, 2.05) is 0 Å². The number of benzene rings is 1. The Bertz CT molecular complexity index is 500. The summed E-state index contributed by atoms with van der Waals surface area (Å²) in [6, 6.07) is 6.00. The third-order valence-electron chi connectivity index (χ3n) is 2.78. The first-order valence-corrected chi connectivity index (χ1v) is 6.46. The molecule has 0 radical (unpaired) electrons. The van der Waals surface area contributed by atoms with Crippen LogP contribution in [0.15, 0.2) is 29.2 Å². The Morgan fingerprint density at radius 3 is 2.65 bits per heavy atom. The van der Waals surface area contributed by atoms with Crippen LogP contribution in [-0.2, 0) is 15.6 Å². The minimum absolute atomic E-state index is 0.0851. The number of carbonyl (C=O) groups is 1. The number of nitrogens with zero attached hydrogens (tertiary/aromatic N) is 1. The normalized spacial score (nSPS) is 21.4. The third-order valence-corrected chi connectivity index (χ3v) is 4.57. The van der Waals surface area contributed by atoms with Crippen molar-refractivity contribution in [1.82, 2.24) is 0 Å². The Morgan fingerprint density at radius 2 is 2.06 bits per heavy atom. The van der Waals surface area contributed by atoms with E-state index in [1.165, 1.54) is 12.1 Å². The molecular weight excluding hydrogens is 242 g/mol. The molecule has 0 N–H and O–H groups in total. The lowest BCUT2D eigenvalue weighted by molar-refractivity contribution is -0.387. The SMILES string of the molecule is O=C1CCC(S(=O)c2ccccc2[N+](=O)[O-])C1. The summed E-state index contributed by atoms with van der Waals surface area (Å²) in [5, 5.41) is 10.5. The van der Waals surface area contributed by atoms with Gasteiger partial charge in [-0.05, 0) is 12.5 Å². The molecule has 1 aromatic carbocycles. The van der Waals surface area contributed by atoms with Crippen molar-refractivity contribution in [2.75, 3.05) is 0 Å². The molecule has 90 valence electrons. The van der Waals surface area contributed by atoms with Gasteiger partial charge in [-0.15, -0.1) is 0 Å². The van der Waals surface area contributed by atoms with E-state index >= 15 is 0 Å². The summed E-state index contributed by atoms with van der Waals surface area (Å²) in [7, 11) is -1.47. The molecule has 1 aliphatic carbocycles. The van der Waals surface area contributed by atoms with Gasteiger partial charge in [-0.1, -0.05) is 12.1 Å². The Balaban J connectivity index is 2.31. The van der Waals surface area contributed by atoms with Gasteiger partial charge in [0, 0.05) is 24.2 Å². The van der Waals surface area contributed by atoms with Crippen LogP contribution in [0.2, 0.25) is 0 Å². The number of hydrogen-bond acceptors (Lipinski definition) is 4. The fraction of sp³-hybridized carbons (Fsp3) is 0.364. The largest absolute Gasteiger partial charge is 0.300 e. The van der Waals surface area contributed by atoms with E-state index in [4.69, 9.17) is 0 Å². The standard InChI is InChI=1S/C11H11NO4S/c13-8-5-6-9(7-8)17(16)11-4-2-1-3-10(11)12(14)15/h1-4,9H,5-7H2. The Kier molecular flexibility index (Phi) is 3.33. The molecule has 2 atom stereocenters. The molecule has 1 fully saturated rings. The number of carbonyl (C=O) groups excluding carboxylic acids is 1. The zero-order valence-corrected chi connectivity index (χ0v) is 9.81. The summed E-state index contributed by atoms with van der Waals surface area (Å²) < 4.78 is 12.2. The second-order valence-corrected chi connectivity index (χ2v) is 5.63. The fourth-order valence-electron chi connectivity index (χ4n) is 1.92. The van der Waals surface area contributed by atoms with Gasteiger partial charge >= 0.3 is 0 Å². The van der Waals surface area contributed by atoms with Crippen molar-refractivity contribution in [3.05, 3.63) is 34.4 Å². The molecule has 0 amide bonds. The van der Waals surface area contributed by atoms with Gasteiger partial charge in [0.15, 0.2) is 0 Å². The zero-order valence-electron chi connectivity index (χ0n) is 9.00. The van der Waals surface area contributed by atoms with Crippen molar-refractivity contribution >= 4 is 22.3 Å². The number of nitro groups is 1. The van der Waals surface area contributed by atoms with E-state index in [1.54, 1.807) is 12.1 Å². The van der Waals surface area contributed by atoms with Gasteiger partial charge in [-0.25, -0.2) is 0 Å². The number of ketones is 1. The molecule has 0 saturated heterocycles. The van der Waals surface area contributed by atoms with Crippen LogP contribution >= 0.6 is 0 Å². The average Bonchev–Trinajstić information content (AvgIpc) is 2.75. The predicted molar refractivity (Wildman–Crippen MR) is 62.2 cm³/mol. The molecule has 2 rings (SSSR count). The molecule has 0 heterocycles. The fourth-order valence-corrected chi connectivity index (χ4v) is 3.51. The van der Waals surface area contributed by atoms with Crippen molar-refractivity contribution in [3.63, 3.8) is 0 Å². The second kappa shape index (κ2) is 4.75. The maximum atomic E-state index is 12.2. The maximum absolute atomic E-state index is 12.2. The number of hydrogen-bond donors (Lipinski definition) is 0. The topological polar surface area (TPSA) is 77.3 Å². The first kappa shape index (κ1) is 11.9. The second-order valence-electron chi connectivity index (χ2n) is 3.93. The van der Waals surface area contributed by atoms with Crippen molar-refractivity contribution in [2.45, 2.75) is 29.4 Å². The highest BCUT2D eigenvalue weighted by atomic mass is 32.2. The van der Waals surface area contributed by atoms with Crippen LogP contribution in [0, 0.1) is 10.1 Å². The lowest BCUT2D eigenvalue weighted by atomic mass is 10.3. The third kappa shape index (κ3) is 2.41. The molecule has 17 heavy (non-hydrogen) atoms. The smallest absolute Gasteiger partial charge is 0.285 e. The van der Waals surface area contributed by atoms with Crippen molar-refractivity contribution in [1.29, 1.82) is 0 Å². The van der Waals surface area contributed by atoms with Gasteiger partial charge in [0.05, 0.1) is 15.7 Å². The minimum atomic E-state index is -1.47. The van der Waals surface area contributed by atoms with E-state index in [9.17, 15) is 19.1 Å². The number of rotatable bonds is 3. The van der Waals surface area contributed by atoms with Gasteiger partial charge < -0.3 is 0 Å². The summed E-state index contributed by atoms with van der Waals surface area (Å²) >= 11 is 0. The molecule has 6 heteroatoms. The van der Waals surface area contributed by atoms with Crippen LogP contribution in [0.4, 0.5) is 5.69 Å². The van der Waals surface area contributed by atoms with E-state index in [2.05, 4.69) is 0 Å². The van der Waals surface area contributed by atoms with E-state index < -0.39 is 15.7 Å². The quantitative estimate of drug-likeness (QED) is 0.608. The molecule has 0 spiro atoms. The van der Waals surface area contributed by atoms with Crippen molar-refractivity contribution < 1.29 is 13.9 Å². The lowest BCUT2D eigenvalue weighted by Gasteiger charge is -2.08. The Labute approximate surface area is 100 Å². The summed E-state index contributed by atoms with van der Waals surface area (Å²) in [5.41, 5.74) is -0.134. The monoisotopic (exact) mass is 253 g/mol. The first-order valence-electron chi connectivity index (χ1n) is 5.25. The van der Waals surface area contributed by atoms with Crippen LogP contribution in [0.5, 0.6) is 0 Å². The number of Topliss-reactive ketones (excluding diaryl/α,β-unsaturated/α-hetero) is 1. The summed E-state index contributed by atoms with van der Waals surface area (Å²) in [4.78, 5) is 21.6. The van der Waals surface area contributed by atoms with E-state index in [0.717, 1.165) is 0 Å². The van der Waals surface area contributed by atoms with Gasteiger partial charge in [0.1, 0.15) is 10.7 Å². The Morgan fingerprint density at radius 1 is 1.35 bits per heavy atom. The molecule has 0 aromatic heterocycles. The molecule has 1 saturated carbocycles. The van der Waals surface area contributed by atoms with Gasteiger partial charge in [-0.3, -0.25) is 19.1 Å². The van der Waals surface area contributed by atoms with Crippen LogP contribution in [0.25, 0.3) is 0 Å². The van der Waals surface area contributed by atoms with Crippen LogP contribution < -0.4 is 0 Å². The maximum Gasteiger partial charge on any atom is 0.285 e. The zero-order chi connectivity index (χ0) is 12.4.